The lowest BCUT2D eigenvalue weighted by molar-refractivity contribution is -0.118. The molecule has 1 atom stereocenters. The van der Waals surface area contributed by atoms with Crippen molar-refractivity contribution in [2.24, 2.45) is 0 Å². The monoisotopic (exact) mass is 426 g/mol. The number of amides is 2. The van der Waals surface area contributed by atoms with Crippen LogP contribution in [0.3, 0.4) is 0 Å². The van der Waals surface area contributed by atoms with E-state index in [0.29, 0.717) is 17.9 Å². The highest BCUT2D eigenvalue weighted by molar-refractivity contribution is 6.00. The van der Waals surface area contributed by atoms with E-state index < -0.39 is 11.9 Å². The zero-order chi connectivity index (χ0) is 22.2. The fourth-order valence-electron chi connectivity index (χ4n) is 3.16. The topological polar surface area (TPSA) is 80.6 Å². The molecule has 0 saturated heterocycles. The summed E-state index contributed by atoms with van der Waals surface area (Å²) < 4.78 is 10.9. The van der Waals surface area contributed by atoms with E-state index in [9.17, 15) is 9.59 Å². The number of nitrogens with one attached hydrogen (secondary N) is 2. The number of ether oxygens (including phenoxy) is 1. The normalized spacial score (nSPS) is 11.4. The van der Waals surface area contributed by atoms with Crippen LogP contribution in [0.25, 0.3) is 0 Å². The smallest absolute Gasteiger partial charge is 0.287 e. The maximum atomic E-state index is 13.0. The first-order chi connectivity index (χ1) is 15.7. The molecule has 0 spiro atoms. The Morgan fingerprint density at radius 2 is 1.44 bits per heavy atom. The minimum absolute atomic E-state index is 0.151. The van der Waals surface area contributed by atoms with Gasteiger partial charge in [0.25, 0.3) is 5.91 Å². The Hall–Kier alpha value is -4.32. The molecule has 0 aliphatic rings. The molecule has 6 nitrogen and oxygen atoms in total. The SMILES string of the molecule is O=C(N[C@H](Cc1ccccc1)C(=O)Nc1ccc(Oc2ccccc2)cc1)c1ccco1. The van der Waals surface area contributed by atoms with Crippen molar-refractivity contribution in [1.29, 1.82) is 0 Å². The Bertz CT molecular complexity index is 1140. The van der Waals surface area contributed by atoms with Crippen LogP contribution in [0, 0.1) is 0 Å². The van der Waals surface area contributed by atoms with Gasteiger partial charge < -0.3 is 19.8 Å². The number of carbonyl (C=O) groups is 2. The molecule has 32 heavy (non-hydrogen) atoms. The van der Waals surface area contributed by atoms with Crippen molar-refractivity contribution >= 4 is 17.5 Å². The van der Waals surface area contributed by atoms with E-state index >= 15 is 0 Å². The minimum Gasteiger partial charge on any atom is -0.459 e. The summed E-state index contributed by atoms with van der Waals surface area (Å²) in [5.41, 5.74) is 1.53. The van der Waals surface area contributed by atoms with Gasteiger partial charge in [-0.25, -0.2) is 0 Å². The maximum absolute atomic E-state index is 13.0. The van der Waals surface area contributed by atoms with Crippen molar-refractivity contribution in [3.63, 3.8) is 0 Å². The van der Waals surface area contributed by atoms with Crippen LogP contribution in [0.15, 0.2) is 108 Å². The van der Waals surface area contributed by atoms with Gasteiger partial charge in [0.1, 0.15) is 17.5 Å². The lowest BCUT2D eigenvalue weighted by Crippen LogP contribution is -2.45. The average molecular weight is 426 g/mol. The van der Waals surface area contributed by atoms with Gasteiger partial charge in [0.2, 0.25) is 5.91 Å². The molecule has 1 aromatic heterocycles. The van der Waals surface area contributed by atoms with Crippen molar-refractivity contribution < 1.29 is 18.7 Å². The van der Waals surface area contributed by atoms with E-state index in [-0.39, 0.29) is 11.7 Å². The second kappa shape index (κ2) is 10.1. The van der Waals surface area contributed by atoms with Crippen LogP contribution in [0.2, 0.25) is 0 Å². The molecule has 0 aliphatic heterocycles. The van der Waals surface area contributed by atoms with Crippen LogP contribution >= 0.6 is 0 Å². The maximum Gasteiger partial charge on any atom is 0.287 e. The number of rotatable bonds is 8. The number of benzene rings is 3. The van der Waals surface area contributed by atoms with Crippen LogP contribution < -0.4 is 15.4 Å². The molecule has 0 fully saturated rings. The first-order valence-electron chi connectivity index (χ1n) is 10.2. The standard InChI is InChI=1S/C26H22N2O4/c29-25(27-20-13-15-22(16-14-20)32-21-10-5-2-6-11-21)23(18-19-8-3-1-4-9-19)28-26(30)24-12-7-17-31-24/h1-17,23H,18H2,(H,27,29)(H,28,30)/t23-/m1/s1. The van der Waals surface area contributed by atoms with Gasteiger partial charge in [-0.05, 0) is 54.1 Å². The third-order valence-electron chi connectivity index (χ3n) is 4.75. The second-order valence-corrected chi connectivity index (χ2v) is 7.12. The molecular weight excluding hydrogens is 404 g/mol. The average Bonchev–Trinajstić information content (AvgIpc) is 3.36. The summed E-state index contributed by atoms with van der Waals surface area (Å²) in [5, 5.41) is 5.63. The Morgan fingerprint density at radius 3 is 2.09 bits per heavy atom. The summed E-state index contributed by atoms with van der Waals surface area (Å²) >= 11 is 0. The van der Waals surface area contributed by atoms with Gasteiger partial charge in [0.15, 0.2) is 5.76 Å². The lowest BCUT2D eigenvalue weighted by Gasteiger charge is -2.18. The third kappa shape index (κ3) is 5.64. The molecule has 0 unspecified atom stereocenters. The Kier molecular flexibility index (Phi) is 6.63. The summed E-state index contributed by atoms with van der Waals surface area (Å²) in [5.74, 6) is 0.760. The fourth-order valence-corrected chi connectivity index (χ4v) is 3.16. The molecule has 4 rings (SSSR count). The van der Waals surface area contributed by atoms with Crippen molar-refractivity contribution in [2.45, 2.75) is 12.5 Å². The van der Waals surface area contributed by atoms with Gasteiger partial charge >= 0.3 is 0 Å². The van der Waals surface area contributed by atoms with Crippen molar-refractivity contribution in [1.82, 2.24) is 5.32 Å². The van der Waals surface area contributed by atoms with Crippen LogP contribution in [0.4, 0.5) is 5.69 Å². The van der Waals surface area contributed by atoms with Crippen LogP contribution in [-0.4, -0.2) is 17.9 Å². The summed E-state index contributed by atoms with van der Waals surface area (Å²) in [6.45, 7) is 0. The van der Waals surface area contributed by atoms with Crippen LogP contribution in [-0.2, 0) is 11.2 Å². The fraction of sp³-hybridized carbons (Fsp3) is 0.0769. The molecule has 0 aliphatic carbocycles. The molecule has 2 amide bonds. The first-order valence-corrected chi connectivity index (χ1v) is 10.2. The van der Waals surface area contributed by atoms with Gasteiger partial charge in [-0.1, -0.05) is 48.5 Å². The number of para-hydroxylation sites is 1. The molecule has 1 heterocycles. The molecule has 2 N–H and O–H groups in total. The number of carbonyl (C=O) groups excluding carboxylic acids is 2. The van der Waals surface area contributed by atoms with Gasteiger partial charge in [0, 0.05) is 12.1 Å². The van der Waals surface area contributed by atoms with Crippen molar-refractivity contribution in [3.8, 4) is 11.5 Å². The molecule has 0 radical (unpaired) electrons. The lowest BCUT2D eigenvalue weighted by atomic mass is 10.0. The zero-order valence-electron chi connectivity index (χ0n) is 17.2. The number of hydrogen-bond donors (Lipinski definition) is 2. The summed E-state index contributed by atoms with van der Waals surface area (Å²) in [4.78, 5) is 25.5. The zero-order valence-corrected chi connectivity index (χ0v) is 17.2. The van der Waals surface area contributed by atoms with E-state index in [2.05, 4.69) is 10.6 Å². The van der Waals surface area contributed by atoms with E-state index in [4.69, 9.17) is 9.15 Å². The predicted octanol–water partition coefficient (Wildman–Crippen LogP) is 5.05. The highest BCUT2D eigenvalue weighted by Crippen LogP contribution is 2.22. The van der Waals surface area contributed by atoms with E-state index in [1.165, 1.54) is 6.26 Å². The van der Waals surface area contributed by atoms with E-state index in [1.807, 2.05) is 60.7 Å². The van der Waals surface area contributed by atoms with Gasteiger partial charge in [0.05, 0.1) is 6.26 Å². The summed E-state index contributed by atoms with van der Waals surface area (Å²) in [6, 6.07) is 28.4. The highest BCUT2D eigenvalue weighted by atomic mass is 16.5. The predicted molar refractivity (Wildman–Crippen MR) is 122 cm³/mol. The van der Waals surface area contributed by atoms with Gasteiger partial charge in [-0.3, -0.25) is 9.59 Å². The van der Waals surface area contributed by atoms with E-state index in [1.54, 1.807) is 36.4 Å². The van der Waals surface area contributed by atoms with Crippen LogP contribution in [0.1, 0.15) is 16.1 Å². The molecule has 160 valence electrons. The molecule has 4 aromatic rings. The van der Waals surface area contributed by atoms with Gasteiger partial charge in [-0.15, -0.1) is 0 Å². The van der Waals surface area contributed by atoms with Crippen molar-refractivity contribution in [2.75, 3.05) is 5.32 Å². The Morgan fingerprint density at radius 1 is 0.781 bits per heavy atom. The second-order valence-electron chi connectivity index (χ2n) is 7.12. The summed E-state index contributed by atoms with van der Waals surface area (Å²) in [7, 11) is 0. The highest BCUT2D eigenvalue weighted by Gasteiger charge is 2.23. The van der Waals surface area contributed by atoms with Crippen LogP contribution in [0.5, 0.6) is 11.5 Å². The summed E-state index contributed by atoms with van der Waals surface area (Å²) in [6.07, 6.45) is 1.76. The van der Waals surface area contributed by atoms with Crippen molar-refractivity contribution in [3.05, 3.63) is 115 Å². The molecule has 0 saturated carbocycles. The number of hydrogen-bond acceptors (Lipinski definition) is 4. The molecular formula is C26H22N2O4. The van der Waals surface area contributed by atoms with Gasteiger partial charge in [-0.2, -0.15) is 0 Å². The number of furan rings is 1. The largest absolute Gasteiger partial charge is 0.459 e. The quantitative estimate of drug-likeness (QED) is 0.413. The molecule has 3 aromatic carbocycles. The third-order valence-corrected chi connectivity index (χ3v) is 4.75. The number of anilines is 1. The Balaban J connectivity index is 1.44. The first kappa shape index (κ1) is 20.9. The molecule has 0 bridgehead atoms. The Labute approximate surface area is 185 Å². The van der Waals surface area contributed by atoms with E-state index in [0.717, 1.165) is 11.3 Å². The molecule has 6 heteroatoms. The minimum atomic E-state index is -0.782.